The number of pyridine rings is 4. The van der Waals surface area contributed by atoms with Gasteiger partial charge >= 0.3 is 18.2 Å². The summed E-state index contributed by atoms with van der Waals surface area (Å²) in [6.45, 7) is 24.8. The third-order valence-electron chi connectivity index (χ3n) is 22.8. The quantitative estimate of drug-likeness (QED) is 0.0261. The number of amides is 7. The minimum atomic E-state index is -4.29. The molecule has 2 aliphatic heterocycles. The van der Waals surface area contributed by atoms with Crippen LogP contribution in [0.1, 0.15) is 158 Å². The topological polar surface area (TPSA) is 425 Å². The summed E-state index contributed by atoms with van der Waals surface area (Å²) in [5.74, 6) is -4.24. The number of sulfonamides is 2. The maximum atomic E-state index is 14.6. The molecule has 8 aromatic rings. The number of carboxylic acid groups (broad SMARTS) is 1. The fourth-order valence-corrected chi connectivity index (χ4v) is 17.6. The van der Waals surface area contributed by atoms with Crippen molar-refractivity contribution in [1.82, 2.24) is 55.7 Å². The van der Waals surface area contributed by atoms with E-state index in [4.69, 9.17) is 53.5 Å². The van der Waals surface area contributed by atoms with Crippen molar-refractivity contribution in [3.8, 4) is 45.8 Å². The SMILES string of the molecule is C.C.C=C[C@@H]1C[C@]1(NC(=O)[C@@H]1C[C@@H](Oc2cc(-c3ccc4c(n3)CCCC4)nc3cc(OC)ccc23)CN1C(=O)[C@@H](NC(=O)OC(C)(C)C)C(C)C)C(=O)NS(=O)(=O)c1ccccc1.C=C[C@@H]1C[C@]1(NC(=O)[C@@H]1C[C@@H](Oc2cc(-c3ccc4c(n3)CCCC4)nc3cc(OC)ccc23)CN1C(=O)[C@@H](NC(=O)OC(C)(C)C)C(C)C)C(=O)O.NS(=O)(=O)c1ccccc1. The first-order valence-corrected chi connectivity index (χ1v) is 44.9. The van der Waals surface area contributed by atoms with Crippen molar-refractivity contribution in [1.29, 1.82) is 0 Å². The lowest BCUT2D eigenvalue weighted by Crippen LogP contribution is -2.59. The lowest BCUT2D eigenvalue weighted by atomic mass is 9.95. The molecule has 7 amide bonds. The van der Waals surface area contributed by atoms with Crippen LogP contribution in [0.3, 0.4) is 0 Å². The molecule has 4 aromatic heterocycles. The van der Waals surface area contributed by atoms with E-state index in [2.05, 4.69) is 51.3 Å². The van der Waals surface area contributed by atoms with Gasteiger partial charge in [-0.1, -0.05) is 103 Å². The van der Waals surface area contributed by atoms with Crippen LogP contribution >= 0.6 is 0 Å². The number of fused-ring (bicyclic) bond motifs is 4. The normalized spacial score (nSPS) is 20.8. The number of hydrogen-bond acceptors (Lipinski definition) is 22. The molecule has 8 N–H and O–H groups in total. The summed E-state index contributed by atoms with van der Waals surface area (Å²) in [4.78, 5) is 132. The zero-order valence-corrected chi connectivity index (χ0v) is 73.9. The molecule has 4 fully saturated rings. The lowest BCUT2D eigenvalue weighted by Gasteiger charge is -2.31. The Labute approximate surface area is 742 Å². The van der Waals surface area contributed by atoms with Crippen LogP contribution in [0, 0.1) is 23.7 Å². The van der Waals surface area contributed by atoms with Crippen molar-refractivity contribution in [3.05, 3.63) is 181 Å². The largest absolute Gasteiger partial charge is 0.497 e. The number of carboxylic acids is 1. The van der Waals surface area contributed by atoms with Gasteiger partial charge in [-0.3, -0.25) is 33.9 Å². The van der Waals surface area contributed by atoms with Gasteiger partial charge in [-0.2, -0.15) is 0 Å². The first-order valence-electron chi connectivity index (χ1n) is 41.9. The van der Waals surface area contributed by atoms with E-state index < -0.39 is 144 Å². The predicted octanol–water partition coefficient (Wildman–Crippen LogP) is 12.5. The molecule has 14 rings (SSSR count). The monoisotopic (exact) mass is 1780 g/mol. The van der Waals surface area contributed by atoms with Gasteiger partial charge in [-0.05, 0) is 189 Å². The number of carbonyl (C=O) groups is 8. The van der Waals surface area contributed by atoms with Crippen molar-refractivity contribution in [3.63, 3.8) is 0 Å². The molecule has 6 heterocycles. The molecule has 4 aliphatic carbocycles. The smallest absolute Gasteiger partial charge is 0.408 e. The van der Waals surface area contributed by atoms with E-state index in [1.54, 1.807) is 132 Å². The molecule has 2 saturated carbocycles. The number of nitrogens with two attached hydrogens (primary N) is 1. The number of primary sulfonamides is 1. The number of carbonyl (C=O) groups excluding carboxylic acids is 7. The summed E-state index contributed by atoms with van der Waals surface area (Å²) < 4.78 is 85.2. The number of benzene rings is 4. The third kappa shape index (κ3) is 23.0. The second-order valence-corrected chi connectivity index (χ2v) is 38.2. The van der Waals surface area contributed by atoms with Gasteiger partial charge in [0, 0.05) is 71.1 Å². The average molecular weight is 1780 g/mol. The van der Waals surface area contributed by atoms with Crippen LogP contribution < -0.4 is 50.1 Å². The van der Waals surface area contributed by atoms with E-state index in [1.807, 2.05) is 36.4 Å². The molecular formula is C94H118N12O19S2. The molecule has 31 nitrogen and oxygen atoms in total. The number of ether oxygens (including phenoxy) is 6. The Morgan fingerprint density at radius 3 is 1.28 bits per heavy atom. The lowest BCUT2D eigenvalue weighted by molar-refractivity contribution is -0.146. The molecule has 127 heavy (non-hydrogen) atoms. The van der Waals surface area contributed by atoms with Crippen LogP contribution in [0.5, 0.6) is 23.0 Å². The van der Waals surface area contributed by atoms with Crippen LogP contribution in [0.25, 0.3) is 44.6 Å². The fraction of sp³-hybridized carbons (Fsp3) is 0.447. The van der Waals surface area contributed by atoms with Crippen molar-refractivity contribution in [2.45, 2.75) is 230 Å². The first-order chi connectivity index (χ1) is 59.1. The molecule has 33 heteroatoms. The molecular weight excluding hydrogens is 1670 g/mol. The highest BCUT2D eigenvalue weighted by atomic mass is 32.2. The van der Waals surface area contributed by atoms with Gasteiger partial charge in [0.1, 0.15) is 81.7 Å². The number of nitrogens with zero attached hydrogens (tertiary/aromatic N) is 6. The maximum Gasteiger partial charge on any atom is 0.408 e. The van der Waals surface area contributed by atoms with Crippen LogP contribution in [0.2, 0.25) is 0 Å². The summed E-state index contributed by atoms with van der Waals surface area (Å²) >= 11 is 0. The molecule has 10 atom stereocenters. The van der Waals surface area contributed by atoms with Crippen LogP contribution in [0.15, 0.2) is 169 Å². The number of nitrogens with one attached hydrogen (secondary N) is 5. The van der Waals surface area contributed by atoms with Gasteiger partial charge in [-0.15, -0.1) is 13.2 Å². The zero-order valence-electron chi connectivity index (χ0n) is 72.3. The number of alkyl carbamates (subject to hydrolysis) is 2. The van der Waals surface area contributed by atoms with Crippen LogP contribution in [-0.4, -0.2) is 185 Å². The van der Waals surface area contributed by atoms with E-state index >= 15 is 0 Å². The highest BCUT2D eigenvalue weighted by Crippen LogP contribution is 2.47. The summed E-state index contributed by atoms with van der Waals surface area (Å²) in [6, 6.07) is 33.5. The highest BCUT2D eigenvalue weighted by Gasteiger charge is 2.63. The number of methoxy groups -OCH3 is 2. The maximum absolute atomic E-state index is 14.6. The van der Waals surface area contributed by atoms with Gasteiger partial charge < -0.3 is 64.6 Å². The summed E-state index contributed by atoms with van der Waals surface area (Å²) in [5.41, 5.74) is 3.52. The van der Waals surface area contributed by atoms with E-state index in [-0.39, 0.29) is 69.3 Å². The van der Waals surface area contributed by atoms with E-state index in [9.17, 15) is 60.3 Å². The van der Waals surface area contributed by atoms with E-state index in [1.165, 1.54) is 69.5 Å². The summed E-state index contributed by atoms with van der Waals surface area (Å²) in [7, 11) is -4.64. The molecule has 680 valence electrons. The van der Waals surface area contributed by atoms with Gasteiger partial charge in [-0.25, -0.2) is 51.0 Å². The minimum absolute atomic E-state index is 0. The van der Waals surface area contributed by atoms with Crippen LogP contribution in [-0.2, 0) is 84.0 Å². The van der Waals surface area contributed by atoms with Crippen molar-refractivity contribution < 1.29 is 88.7 Å². The standard InChI is InChI=1S/C46H54N6O9S.C40H49N5O8.C6H7NO2S.2CH4/c1-8-29-25-46(29,43(55)51-62(57,58)32-15-10-9-11-16-32)50-41(53)38-23-31(26-52(38)42(54)40(27(2)3)49-44(56)61-45(4,5)6)60-39-24-37(48-36-22-30(59-7)19-20-33(36)39)35-21-18-28-14-12-13-17-34(28)47-35;1-8-24-20-40(24,37(48)49)44-35(46)32-18-26(21-45(32)36(47)34(22(2)3)43-38(50)53-39(4,5)6)52-33-19-31(42-30-17-25(51-7)14-15-27(30)33)29-16-13-23-11-9-10-12-28(23)41-29;7-10(8,9)6-4-2-1-3-5-6;;/h8-11,15-16,18-22,24,27,29,31,38,40H,1,12-14,17,23,25-26H2,2-7H3,(H,49,56)(H,50,53)(H,51,55);8,13-17,19,22,24,26,32,34H,1,9-12,18,20-21H2,2-7H3,(H,43,50)(H,44,46)(H,48,49);1-5H,(H2,7,8,9);2*1H4/t29-,31-,38+,40+,46-;24-,26-,32+,34+,40-;;;/m11.../s1. The Kier molecular flexibility index (Phi) is 30.5. The van der Waals surface area contributed by atoms with Gasteiger partial charge in [0.05, 0.1) is 70.9 Å². The minimum Gasteiger partial charge on any atom is -0.497 e. The number of hydrogen-bond donors (Lipinski definition) is 7. The Hall–Kier alpha value is -12.1. The van der Waals surface area contributed by atoms with Gasteiger partial charge in [0.2, 0.25) is 33.7 Å². The van der Waals surface area contributed by atoms with Crippen molar-refractivity contribution in [2.75, 3.05) is 27.3 Å². The number of aromatic nitrogens is 4. The average Bonchev–Trinajstić information content (AvgIpc) is 1.58. The molecule has 2 saturated heterocycles. The Balaban J connectivity index is 0.000000237. The van der Waals surface area contributed by atoms with Gasteiger partial charge in [0.25, 0.3) is 15.9 Å². The second kappa shape index (κ2) is 39.8. The first kappa shape index (κ1) is 97.1. The Morgan fingerprint density at radius 2 is 0.921 bits per heavy atom. The fourth-order valence-electron chi connectivity index (χ4n) is 16.0. The Morgan fingerprint density at radius 1 is 0.528 bits per heavy atom. The molecule has 6 aliphatic rings. The zero-order chi connectivity index (χ0) is 90.4. The predicted molar refractivity (Wildman–Crippen MR) is 480 cm³/mol. The molecule has 0 bridgehead atoms. The molecule has 0 unspecified atom stereocenters. The molecule has 4 aromatic carbocycles. The second-order valence-electron chi connectivity index (χ2n) is 34.9. The van der Waals surface area contributed by atoms with Gasteiger partial charge in [0.15, 0.2) is 0 Å². The summed E-state index contributed by atoms with van der Waals surface area (Å²) in [6.07, 6.45) is 8.45. The number of aryl methyl sites for hydroxylation is 4. The van der Waals surface area contributed by atoms with E-state index in [0.717, 1.165) is 62.8 Å². The third-order valence-corrected chi connectivity index (χ3v) is 25.0. The van der Waals surface area contributed by atoms with Crippen molar-refractivity contribution in [2.24, 2.45) is 28.8 Å². The van der Waals surface area contributed by atoms with Crippen LogP contribution in [0.4, 0.5) is 9.59 Å². The van der Waals surface area contributed by atoms with Crippen molar-refractivity contribution >= 4 is 89.5 Å². The van der Waals surface area contributed by atoms with E-state index in [0.29, 0.717) is 67.6 Å². The summed E-state index contributed by atoms with van der Waals surface area (Å²) in [5, 5.41) is 27.1. The number of rotatable bonds is 25. The highest BCUT2D eigenvalue weighted by molar-refractivity contribution is 7.90. The molecule has 0 spiro atoms. The Bertz CT molecular complexity index is 5690. The molecule has 0 radical (unpaired) electrons. The number of aliphatic carboxylic acids is 1. The number of likely N-dealkylation sites (tertiary alicyclic amines) is 2.